The van der Waals surface area contributed by atoms with Crippen LogP contribution >= 0.6 is 11.3 Å². The Hall–Kier alpha value is -2.08. The molecule has 0 saturated carbocycles. The minimum Gasteiger partial charge on any atom is -0.371 e. The number of aryl methyl sites for hydroxylation is 1. The Bertz CT molecular complexity index is 643. The van der Waals surface area contributed by atoms with Crippen LogP contribution in [0.25, 0.3) is 0 Å². The van der Waals surface area contributed by atoms with Crippen LogP contribution in [0.5, 0.6) is 0 Å². The Labute approximate surface area is 140 Å². The summed E-state index contributed by atoms with van der Waals surface area (Å²) in [6.45, 7) is 5.21. The smallest absolute Gasteiger partial charge is 0.315 e. The van der Waals surface area contributed by atoms with Gasteiger partial charge in [0.2, 0.25) is 0 Å². The van der Waals surface area contributed by atoms with Crippen molar-refractivity contribution < 1.29 is 4.79 Å². The standard InChI is InChI=1S/C17H22N4OS/c1-13-12-23-16(20-13)10-19-17(22)18-9-14-7-8-21(11-14)15-5-3-2-4-6-15/h2-6,12,14H,7-11H2,1H3,(H2,18,19,22). The zero-order valence-corrected chi connectivity index (χ0v) is 14.1. The molecule has 1 aliphatic rings. The molecule has 5 nitrogen and oxygen atoms in total. The fourth-order valence-corrected chi connectivity index (χ4v) is 3.52. The van der Waals surface area contributed by atoms with Crippen LogP contribution < -0.4 is 15.5 Å². The molecule has 0 aliphatic carbocycles. The first-order chi connectivity index (χ1) is 11.2. The molecule has 1 fully saturated rings. The SMILES string of the molecule is Cc1csc(CNC(=O)NCC2CCN(c3ccccc3)C2)n1. The zero-order chi connectivity index (χ0) is 16.1. The first-order valence-corrected chi connectivity index (χ1v) is 8.81. The maximum Gasteiger partial charge on any atom is 0.315 e. The van der Waals surface area contributed by atoms with E-state index in [-0.39, 0.29) is 6.03 Å². The number of carbonyl (C=O) groups is 1. The molecule has 23 heavy (non-hydrogen) atoms. The van der Waals surface area contributed by atoms with Crippen LogP contribution in [0, 0.1) is 12.8 Å². The van der Waals surface area contributed by atoms with Crippen molar-refractivity contribution in [1.82, 2.24) is 15.6 Å². The Morgan fingerprint density at radius 1 is 1.35 bits per heavy atom. The normalized spacial score (nSPS) is 17.3. The van der Waals surface area contributed by atoms with Crippen molar-refractivity contribution >= 4 is 23.1 Å². The number of urea groups is 1. The number of nitrogens with zero attached hydrogens (tertiary/aromatic N) is 2. The van der Waals surface area contributed by atoms with Crippen molar-refractivity contribution in [2.75, 3.05) is 24.5 Å². The minimum atomic E-state index is -0.115. The summed E-state index contributed by atoms with van der Waals surface area (Å²) in [5, 5.41) is 8.77. The number of aromatic nitrogens is 1. The van der Waals surface area contributed by atoms with Gasteiger partial charge in [0.25, 0.3) is 0 Å². The lowest BCUT2D eigenvalue weighted by Gasteiger charge is -2.18. The van der Waals surface area contributed by atoms with Crippen molar-refractivity contribution in [2.45, 2.75) is 19.9 Å². The summed E-state index contributed by atoms with van der Waals surface area (Å²) >= 11 is 1.57. The van der Waals surface area contributed by atoms with E-state index in [9.17, 15) is 4.79 Å². The highest BCUT2D eigenvalue weighted by Crippen LogP contribution is 2.22. The molecule has 122 valence electrons. The molecule has 2 N–H and O–H groups in total. The molecule has 0 bridgehead atoms. The summed E-state index contributed by atoms with van der Waals surface area (Å²) in [6.07, 6.45) is 1.11. The van der Waals surface area contributed by atoms with Crippen LogP contribution in [-0.4, -0.2) is 30.6 Å². The van der Waals surface area contributed by atoms with Crippen LogP contribution in [0.1, 0.15) is 17.1 Å². The third-order valence-electron chi connectivity index (χ3n) is 4.03. The highest BCUT2D eigenvalue weighted by molar-refractivity contribution is 7.09. The molecule has 0 spiro atoms. The summed E-state index contributed by atoms with van der Waals surface area (Å²) in [5.41, 5.74) is 2.26. The molecule has 1 aliphatic heterocycles. The van der Waals surface area contributed by atoms with Gasteiger partial charge in [0.15, 0.2) is 0 Å². The number of benzene rings is 1. The maximum absolute atomic E-state index is 11.9. The lowest BCUT2D eigenvalue weighted by atomic mass is 10.1. The van der Waals surface area contributed by atoms with E-state index in [1.165, 1.54) is 5.69 Å². The van der Waals surface area contributed by atoms with Gasteiger partial charge in [-0.15, -0.1) is 11.3 Å². The van der Waals surface area contributed by atoms with E-state index in [1.54, 1.807) is 11.3 Å². The number of hydrogen-bond acceptors (Lipinski definition) is 4. The molecule has 1 saturated heterocycles. The van der Waals surface area contributed by atoms with Gasteiger partial charge in [0.05, 0.1) is 6.54 Å². The molecule has 0 radical (unpaired) electrons. The summed E-state index contributed by atoms with van der Waals surface area (Å²) in [7, 11) is 0. The molecule has 1 atom stereocenters. The number of rotatable bonds is 5. The third-order valence-corrected chi connectivity index (χ3v) is 4.99. The number of thiazole rings is 1. The summed E-state index contributed by atoms with van der Waals surface area (Å²) in [5.74, 6) is 0.503. The van der Waals surface area contributed by atoms with Gasteiger partial charge in [-0.25, -0.2) is 9.78 Å². The molecule has 1 unspecified atom stereocenters. The highest BCUT2D eigenvalue weighted by atomic mass is 32.1. The minimum absolute atomic E-state index is 0.115. The van der Waals surface area contributed by atoms with Crippen LogP contribution in [0.15, 0.2) is 35.7 Å². The van der Waals surface area contributed by atoms with Crippen molar-refractivity contribution in [3.05, 3.63) is 46.4 Å². The van der Waals surface area contributed by atoms with Gasteiger partial charge in [-0.05, 0) is 31.4 Å². The van der Waals surface area contributed by atoms with Crippen LogP contribution in [-0.2, 0) is 6.54 Å². The largest absolute Gasteiger partial charge is 0.371 e. The van der Waals surface area contributed by atoms with E-state index in [1.807, 2.05) is 18.4 Å². The maximum atomic E-state index is 11.9. The first-order valence-electron chi connectivity index (χ1n) is 7.93. The Kier molecular flexibility index (Phi) is 5.12. The van der Waals surface area contributed by atoms with Gasteiger partial charge in [0.1, 0.15) is 5.01 Å². The van der Waals surface area contributed by atoms with E-state index in [0.29, 0.717) is 19.0 Å². The molecule has 1 aromatic heterocycles. The third kappa shape index (κ3) is 4.45. The van der Waals surface area contributed by atoms with Crippen molar-refractivity contribution in [2.24, 2.45) is 5.92 Å². The number of hydrogen-bond donors (Lipinski definition) is 2. The van der Waals surface area contributed by atoms with E-state index in [2.05, 4.69) is 44.8 Å². The molecule has 2 heterocycles. The molecule has 2 aromatic rings. The topological polar surface area (TPSA) is 57.3 Å². The summed E-state index contributed by atoms with van der Waals surface area (Å²) < 4.78 is 0. The second kappa shape index (κ2) is 7.46. The Morgan fingerprint density at radius 2 is 2.17 bits per heavy atom. The number of amides is 2. The zero-order valence-electron chi connectivity index (χ0n) is 13.3. The summed E-state index contributed by atoms with van der Waals surface area (Å²) in [6, 6.07) is 10.3. The molecule has 3 rings (SSSR count). The lowest BCUT2D eigenvalue weighted by molar-refractivity contribution is 0.239. The first kappa shape index (κ1) is 15.8. The fraction of sp³-hybridized carbons (Fsp3) is 0.412. The predicted molar refractivity (Wildman–Crippen MR) is 93.9 cm³/mol. The second-order valence-corrected chi connectivity index (χ2v) is 6.83. The van der Waals surface area contributed by atoms with Crippen molar-refractivity contribution in [3.8, 4) is 0 Å². The molecule has 2 amide bonds. The van der Waals surface area contributed by atoms with Crippen LogP contribution in [0.4, 0.5) is 10.5 Å². The van der Waals surface area contributed by atoms with Gasteiger partial charge < -0.3 is 15.5 Å². The van der Waals surface area contributed by atoms with Gasteiger partial charge in [0, 0.05) is 36.4 Å². The monoisotopic (exact) mass is 330 g/mol. The van der Waals surface area contributed by atoms with Crippen LogP contribution in [0.2, 0.25) is 0 Å². The van der Waals surface area contributed by atoms with E-state index < -0.39 is 0 Å². The van der Waals surface area contributed by atoms with E-state index in [0.717, 1.165) is 30.2 Å². The molecular formula is C17H22N4OS. The van der Waals surface area contributed by atoms with E-state index in [4.69, 9.17) is 0 Å². The van der Waals surface area contributed by atoms with Gasteiger partial charge in [-0.2, -0.15) is 0 Å². The molecule has 6 heteroatoms. The predicted octanol–water partition coefficient (Wildman–Crippen LogP) is 2.78. The number of carbonyl (C=O) groups excluding carboxylic acids is 1. The van der Waals surface area contributed by atoms with Crippen molar-refractivity contribution in [3.63, 3.8) is 0 Å². The van der Waals surface area contributed by atoms with Gasteiger partial charge in [-0.1, -0.05) is 18.2 Å². The molecular weight excluding hydrogens is 308 g/mol. The van der Waals surface area contributed by atoms with Crippen molar-refractivity contribution in [1.29, 1.82) is 0 Å². The van der Waals surface area contributed by atoms with E-state index >= 15 is 0 Å². The second-order valence-electron chi connectivity index (χ2n) is 5.88. The number of nitrogens with one attached hydrogen (secondary N) is 2. The number of anilines is 1. The summed E-state index contributed by atoms with van der Waals surface area (Å²) in [4.78, 5) is 18.6. The molecule has 1 aromatic carbocycles. The average Bonchev–Trinajstić information content (AvgIpc) is 3.21. The van der Waals surface area contributed by atoms with Crippen LogP contribution in [0.3, 0.4) is 0 Å². The van der Waals surface area contributed by atoms with Gasteiger partial charge in [-0.3, -0.25) is 0 Å². The quantitative estimate of drug-likeness (QED) is 0.886. The average molecular weight is 330 g/mol. The Balaban J connectivity index is 1.38. The number of para-hydroxylation sites is 1. The van der Waals surface area contributed by atoms with Gasteiger partial charge >= 0.3 is 6.03 Å². The fourth-order valence-electron chi connectivity index (χ4n) is 2.81. The lowest BCUT2D eigenvalue weighted by Crippen LogP contribution is -2.38. The Morgan fingerprint density at radius 3 is 2.91 bits per heavy atom. The highest BCUT2D eigenvalue weighted by Gasteiger charge is 2.22.